The first-order chi connectivity index (χ1) is 10.2. The van der Waals surface area contributed by atoms with Gasteiger partial charge in [0, 0.05) is 9.70 Å². The van der Waals surface area contributed by atoms with Crippen molar-refractivity contribution in [2.75, 3.05) is 14.2 Å². The van der Waals surface area contributed by atoms with Gasteiger partial charge >= 0.3 is 0 Å². The molecule has 0 aliphatic heterocycles. The maximum atomic E-state index is 5.35. The Balaban J connectivity index is 1.83. The van der Waals surface area contributed by atoms with E-state index in [-0.39, 0.29) is 0 Å². The van der Waals surface area contributed by atoms with Crippen LogP contribution in [0, 0.1) is 0 Å². The Morgan fingerprint density at radius 3 is 2.62 bits per heavy atom. The molecule has 1 aromatic carbocycles. The second-order valence-electron chi connectivity index (χ2n) is 4.96. The van der Waals surface area contributed by atoms with E-state index in [0.717, 1.165) is 17.9 Å². The first kappa shape index (κ1) is 16.4. The highest BCUT2D eigenvalue weighted by molar-refractivity contribution is 9.09. The number of hydrogen-bond acceptors (Lipinski definition) is 3. The van der Waals surface area contributed by atoms with Crippen LogP contribution in [0.1, 0.15) is 23.3 Å². The van der Waals surface area contributed by atoms with Gasteiger partial charge in [0.2, 0.25) is 0 Å². The first-order valence-electron chi connectivity index (χ1n) is 7.10. The lowest BCUT2D eigenvalue weighted by Crippen LogP contribution is -2.04. The molecule has 1 aromatic heterocycles. The Morgan fingerprint density at radius 1 is 1.14 bits per heavy atom. The molecule has 0 fully saturated rings. The number of hydrogen-bond donors (Lipinski definition) is 0. The number of halogens is 1. The van der Waals surface area contributed by atoms with E-state index in [1.54, 1.807) is 14.2 Å². The molecule has 0 aliphatic rings. The standard InChI is InChI=1S/C17H21BrO2S/c1-19-16-9-8-13(12-17(16)20-2)11-14(18)5-3-6-15-7-4-10-21-15/h4,7-10,12,14H,3,5-6,11H2,1-2H3. The summed E-state index contributed by atoms with van der Waals surface area (Å²) >= 11 is 5.63. The van der Waals surface area contributed by atoms with Gasteiger partial charge in [0.25, 0.3) is 0 Å². The monoisotopic (exact) mass is 368 g/mol. The summed E-state index contributed by atoms with van der Waals surface area (Å²) in [5.74, 6) is 1.58. The number of methoxy groups -OCH3 is 2. The molecular weight excluding hydrogens is 348 g/mol. The van der Waals surface area contributed by atoms with E-state index in [4.69, 9.17) is 9.47 Å². The highest BCUT2D eigenvalue weighted by Crippen LogP contribution is 2.29. The van der Waals surface area contributed by atoms with Crippen LogP contribution in [0.15, 0.2) is 35.7 Å². The quantitative estimate of drug-likeness (QED) is 0.603. The van der Waals surface area contributed by atoms with Crippen molar-refractivity contribution in [2.24, 2.45) is 0 Å². The molecule has 0 bridgehead atoms. The average molecular weight is 369 g/mol. The fourth-order valence-electron chi connectivity index (χ4n) is 2.32. The number of ether oxygens (including phenoxy) is 2. The highest BCUT2D eigenvalue weighted by atomic mass is 79.9. The summed E-state index contributed by atoms with van der Waals surface area (Å²) in [7, 11) is 3.34. The molecule has 2 rings (SSSR count). The van der Waals surface area contributed by atoms with E-state index in [0.29, 0.717) is 4.83 Å². The smallest absolute Gasteiger partial charge is 0.160 e. The van der Waals surface area contributed by atoms with Crippen molar-refractivity contribution in [1.29, 1.82) is 0 Å². The molecule has 1 atom stereocenters. The fourth-order valence-corrected chi connectivity index (χ4v) is 3.77. The summed E-state index contributed by atoms with van der Waals surface area (Å²) in [6.45, 7) is 0. The molecular formula is C17H21BrO2S. The van der Waals surface area contributed by atoms with Gasteiger partial charge in [-0.05, 0) is 54.8 Å². The molecule has 1 heterocycles. The van der Waals surface area contributed by atoms with Crippen molar-refractivity contribution < 1.29 is 9.47 Å². The largest absolute Gasteiger partial charge is 0.493 e. The number of benzene rings is 1. The van der Waals surface area contributed by atoms with Crippen LogP contribution in [0.3, 0.4) is 0 Å². The van der Waals surface area contributed by atoms with Crippen LogP contribution in [0.4, 0.5) is 0 Å². The highest BCUT2D eigenvalue weighted by Gasteiger charge is 2.09. The SMILES string of the molecule is COc1ccc(CC(Br)CCCc2cccs2)cc1OC. The molecule has 114 valence electrons. The van der Waals surface area contributed by atoms with Crippen molar-refractivity contribution in [1.82, 2.24) is 0 Å². The summed E-state index contributed by atoms with van der Waals surface area (Å²) in [5, 5.41) is 2.14. The molecule has 0 saturated carbocycles. The number of aryl methyl sites for hydroxylation is 1. The van der Waals surface area contributed by atoms with Crippen LogP contribution in [0.2, 0.25) is 0 Å². The van der Waals surface area contributed by atoms with Gasteiger partial charge in [-0.25, -0.2) is 0 Å². The Kier molecular flexibility index (Phi) is 6.58. The van der Waals surface area contributed by atoms with Crippen LogP contribution < -0.4 is 9.47 Å². The Labute approximate surface area is 139 Å². The van der Waals surface area contributed by atoms with Gasteiger partial charge in [-0.1, -0.05) is 28.1 Å². The van der Waals surface area contributed by atoms with Crippen LogP contribution in [0.25, 0.3) is 0 Å². The Hall–Kier alpha value is -1.00. The molecule has 0 amide bonds. The molecule has 0 radical (unpaired) electrons. The minimum absolute atomic E-state index is 0.496. The third-order valence-corrected chi connectivity index (χ3v) is 5.14. The summed E-state index contributed by atoms with van der Waals surface area (Å²) in [6.07, 6.45) is 4.56. The normalized spacial score (nSPS) is 12.1. The number of alkyl halides is 1. The van der Waals surface area contributed by atoms with Gasteiger partial charge in [-0.2, -0.15) is 0 Å². The predicted octanol–water partition coefficient (Wildman–Crippen LogP) is 5.09. The molecule has 0 N–H and O–H groups in total. The van der Waals surface area contributed by atoms with Crippen molar-refractivity contribution in [3.8, 4) is 11.5 Å². The van der Waals surface area contributed by atoms with Gasteiger partial charge in [-0.15, -0.1) is 11.3 Å². The van der Waals surface area contributed by atoms with Crippen molar-refractivity contribution in [3.05, 3.63) is 46.2 Å². The van der Waals surface area contributed by atoms with E-state index in [9.17, 15) is 0 Å². The van der Waals surface area contributed by atoms with Gasteiger partial charge in [0.05, 0.1) is 14.2 Å². The lowest BCUT2D eigenvalue weighted by Gasteiger charge is -2.12. The Bertz CT molecular complexity index is 540. The zero-order valence-corrected chi connectivity index (χ0v) is 14.9. The minimum Gasteiger partial charge on any atom is -0.493 e. The molecule has 0 spiro atoms. The lowest BCUT2D eigenvalue weighted by molar-refractivity contribution is 0.354. The van der Waals surface area contributed by atoms with E-state index >= 15 is 0 Å². The van der Waals surface area contributed by atoms with Crippen molar-refractivity contribution in [3.63, 3.8) is 0 Å². The predicted molar refractivity (Wildman–Crippen MR) is 93.2 cm³/mol. The second kappa shape index (κ2) is 8.44. The lowest BCUT2D eigenvalue weighted by atomic mass is 10.1. The number of rotatable bonds is 8. The van der Waals surface area contributed by atoms with Gasteiger partial charge in [0.1, 0.15) is 0 Å². The van der Waals surface area contributed by atoms with E-state index in [2.05, 4.69) is 45.6 Å². The Morgan fingerprint density at radius 2 is 1.95 bits per heavy atom. The molecule has 2 aromatic rings. The van der Waals surface area contributed by atoms with Gasteiger partial charge in [-0.3, -0.25) is 0 Å². The summed E-state index contributed by atoms with van der Waals surface area (Å²) in [6, 6.07) is 10.5. The summed E-state index contributed by atoms with van der Waals surface area (Å²) in [5.41, 5.74) is 1.27. The van der Waals surface area contributed by atoms with Gasteiger partial charge in [0.15, 0.2) is 11.5 Å². The van der Waals surface area contributed by atoms with E-state index in [1.807, 2.05) is 17.4 Å². The van der Waals surface area contributed by atoms with E-state index in [1.165, 1.54) is 29.7 Å². The molecule has 0 saturated heterocycles. The number of thiophene rings is 1. The van der Waals surface area contributed by atoms with Crippen LogP contribution in [-0.2, 0) is 12.8 Å². The summed E-state index contributed by atoms with van der Waals surface area (Å²) in [4.78, 5) is 1.97. The third kappa shape index (κ3) is 5.04. The van der Waals surface area contributed by atoms with Crippen LogP contribution in [0.5, 0.6) is 11.5 Å². The molecule has 2 nitrogen and oxygen atoms in total. The topological polar surface area (TPSA) is 18.5 Å². The van der Waals surface area contributed by atoms with Crippen LogP contribution in [-0.4, -0.2) is 19.0 Å². The maximum Gasteiger partial charge on any atom is 0.160 e. The molecule has 4 heteroatoms. The zero-order chi connectivity index (χ0) is 15.1. The molecule has 21 heavy (non-hydrogen) atoms. The fraction of sp³-hybridized carbons (Fsp3) is 0.412. The van der Waals surface area contributed by atoms with Crippen molar-refractivity contribution in [2.45, 2.75) is 30.5 Å². The van der Waals surface area contributed by atoms with Gasteiger partial charge < -0.3 is 9.47 Å². The summed E-state index contributed by atoms with van der Waals surface area (Å²) < 4.78 is 10.6. The maximum absolute atomic E-state index is 5.35. The van der Waals surface area contributed by atoms with Crippen LogP contribution >= 0.6 is 27.3 Å². The van der Waals surface area contributed by atoms with E-state index < -0.39 is 0 Å². The minimum atomic E-state index is 0.496. The molecule has 1 unspecified atom stereocenters. The molecule has 0 aliphatic carbocycles. The van der Waals surface area contributed by atoms with Crippen molar-refractivity contribution >= 4 is 27.3 Å². The second-order valence-corrected chi connectivity index (χ2v) is 7.29. The first-order valence-corrected chi connectivity index (χ1v) is 8.90. The third-order valence-electron chi connectivity index (χ3n) is 3.43. The average Bonchev–Trinajstić information content (AvgIpc) is 3.00. The zero-order valence-electron chi connectivity index (χ0n) is 12.5.